The Morgan fingerprint density at radius 1 is 1.50 bits per heavy atom. The van der Waals surface area contributed by atoms with Crippen LogP contribution < -0.4 is 10.5 Å². The van der Waals surface area contributed by atoms with E-state index in [0.29, 0.717) is 18.3 Å². The predicted octanol–water partition coefficient (Wildman–Crippen LogP) is 3.06. The van der Waals surface area contributed by atoms with Gasteiger partial charge in [0.2, 0.25) is 0 Å². The Bertz CT molecular complexity index is 353. The summed E-state index contributed by atoms with van der Waals surface area (Å²) in [6.07, 6.45) is 2.42. The molecule has 1 saturated carbocycles. The lowest BCUT2D eigenvalue weighted by Crippen LogP contribution is -2.06. The molecule has 0 heterocycles. The molecule has 1 unspecified atom stereocenters. The molecule has 1 aliphatic rings. The molecule has 1 aromatic rings. The van der Waals surface area contributed by atoms with Gasteiger partial charge in [0.05, 0.1) is 6.61 Å². The largest absolute Gasteiger partial charge is 0.490 e. The molecular weight excluding hydrogens is 229 g/mol. The average molecular weight is 246 g/mol. The minimum Gasteiger partial charge on any atom is -0.490 e. The highest BCUT2D eigenvalue weighted by molar-refractivity contribution is 5.85. The highest BCUT2D eigenvalue weighted by Gasteiger charge is 2.22. The van der Waals surface area contributed by atoms with Crippen LogP contribution in [-0.2, 0) is 0 Å². The first-order valence-corrected chi connectivity index (χ1v) is 5.34. The van der Waals surface area contributed by atoms with Crippen molar-refractivity contribution in [1.82, 2.24) is 0 Å². The topological polar surface area (TPSA) is 35.2 Å². The molecule has 0 spiro atoms. The van der Waals surface area contributed by atoms with E-state index in [2.05, 4.69) is 0 Å². The van der Waals surface area contributed by atoms with Crippen LogP contribution in [0.1, 0.15) is 31.4 Å². The smallest absolute Gasteiger partial charge is 0.165 e. The Labute approximate surface area is 101 Å². The molecule has 2 rings (SSSR count). The molecule has 4 heteroatoms. The van der Waals surface area contributed by atoms with Crippen molar-refractivity contribution >= 4 is 12.4 Å². The Kier molecular flexibility index (Phi) is 4.56. The number of hydrogen-bond acceptors (Lipinski definition) is 2. The fourth-order valence-electron chi connectivity index (χ4n) is 1.41. The SMILES string of the molecule is CC(N)c1ccc(OCC2CC2)c(F)c1.Cl. The molecule has 2 N–H and O–H groups in total. The number of halogens is 2. The first-order valence-electron chi connectivity index (χ1n) is 5.34. The van der Waals surface area contributed by atoms with Crippen molar-refractivity contribution in [3.8, 4) is 5.75 Å². The molecule has 1 aromatic carbocycles. The van der Waals surface area contributed by atoms with Gasteiger partial charge in [-0.25, -0.2) is 4.39 Å². The minimum absolute atomic E-state index is 0. The maximum Gasteiger partial charge on any atom is 0.165 e. The van der Waals surface area contributed by atoms with Gasteiger partial charge in [0.25, 0.3) is 0 Å². The number of benzene rings is 1. The third kappa shape index (κ3) is 3.35. The Hall–Kier alpha value is -0.800. The summed E-state index contributed by atoms with van der Waals surface area (Å²) in [5, 5.41) is 0. The van der Waals surface area contributed by atoms with Crippen molar-refractivity contribution in [2.45, 2.75) is 25.8 Å². The highest BCUT2D eigenvalue weighted by atomic mass is 35.5. The van der Waals surface area contributed by atoms with Crippen LogP contribution in [0.25, 0.3) is 0 Å². The highest BCUT2D eigenvalue weighted by Crippen LogP contribution is 2.30. The zero-order valence-corrected chi connectivity index (χ0v) is 10.1. The fraction of sp³-hybridized carbons (Fsp3) is 0.500. The van der Waals surface area contributed by atoms with Crippen LogP contribution in [0.15, 0.2) is 18.2 Å². The molecule has 0 saturated heterocycles. The van der Waals surface area contributed by atoms with E-state index in [4.69, 9.17) is 10.5 Å². The molecule has 0 radical (unpaired) electrons. The maximum absolute atomic E-state index is 13.5. The molecule has 0 aliphatic heterocycles. The second kappa shape index (κ2) is 5.51. The van der Waals surface area contributed by atoms with Gasteiger partial charge in [-0.15, -0.1) is 12.4 Å². The number of hydrogen-bond donors (Lipinski definition) is 1. The second-order valence-electron chi connectivity index (χ2n) is 4.23. The van der Waals surface area contributed by atoms with Crippen LogP contribution >= 0.6 is 12.4 Å². The van der Waals surface area contributed by atoms with Gasteiger partial charge in [-0.05, 0) is 43.4 Å². The first-order chi connectivity index (χ1) is 7.16. The van der Waals surface area contributed by atoms with Gasteiger partial charge in [0, 0.05) is 6.04 Å². The first kappa shape index (κ1) is 13.3. The molecule has 90 valence electrons. The summed E-state index contributed by atoms with van der Waals surface area (Å²) in [4.78, 5) is 0. The van der Waals surface area contributed by atoms with Crippen molar-refractivity contribution in [3.63, 3.8) is 0 Å². The van der Waals surface area contributed by atoms with Crippen LogP contribution in [0.3, 0.4) is 0 Å². The van der Waals surface area contributed by atoms with Crippen molar-refractivity contribution in [2.24, 2.45) is 11.7 Å². The van der Waals surface area contributed by atoms with Crippen LogP contribution in [0.2, 0.25) is 0 Å². The molecule has 2 nitrogen and oxygen atoms in total. The van der Waals surface area contributed by atoms with E-state index in [1.165, 1.54) is 18.9 Å². The molecule has 1 aliphatic carbocycles. The standard InChI is InChI=1S/C12H16FNO.ClH/c1-8(14)10-4-5-12(11(13)6-10)15-7-9-2-3-9;/h4-6,8-9H,2-3,7,14H2,1H3;1H. The monoisotopic (exact) mass is 245 g/mol. The molecule has 16 heavy (non-hydrogen) atoms. The molecule has 1 atom stereocenters. The number of rotatable bonds is 4. The zero-order valence-electron chi connectivity index (χ0n) is 9.28. The van der Waals surface area contributed by atoms with E-state index in [0.717, 1.165) is 5.56 Å². The predicted molar refractivity (Wildman–Crippen MR) is 64.5 cm³/mol. The quantitative estimate of drug-likeness (QED) is 0.885. The van der Waals surface area contributed by atoms with Crippen LogP contribution in [0.4, 0.5) is 4.39 Å². The Morgan fingerprint density at radius 3 is 2.69 bits per heavy atom. The second-order valence-corrected chi connectivity index (χ2v) is 4.23. The zero-order chi connectivity index (χ0) is 10.8. The Morgan fingerprint density at radius 2 is 2.19 bits per heavy atom. The van der Waals surface area contributed by atoms with E-state index < -0.39 is 0 Å². The van der Waals surface area contributed by atoms with Crippen LogP contribution in [-0.4, -0.2) is 6.61 Å². The van der Waals surface area contributed by atoms with E-state index >= 15 is 0 Å². The van der Waals surface area contributed by atoms with Gasteiger partial charge in [0.15, 0.2) is 11.6 Å². The summed E-state index contributed by atoms with van der Waals surface area (Å²) in [5.74, 6) is 0.661. The van der Waals surface area contributed by atoms with Crippen LogP contribution in [0, 0.1) is 11.7 Å². The maximum atomic E-state index is 13.5. The number of ether oxygens (including phenoxy) is 1. The van der Waals surface area contributed by atoms with Gasteiger partial charge in [-0.3, -0.25) is 0 Å². The minimum atomic E-state index is -0.314. The summed E-state index contributed by atoms with van der Waals surface area (Å²) in [6.45, 7) is 2.47. The average Bonchev–Trinajstić information content (AvgIpc) is 2.99. The summed E-state index contributed by atoms with van der Waals surface area (Å²) in [5.41, 5.74) is 6.45. The fourth-order valence-corrected chi connectivity index (χ4v) is 1.41. The Balaban J connectivity index is 0.00000128. The van der Waals surface area contributed by atoms with Gasteiger partial charge >= 0.3 is 0 Å². The van der Waals surface area contributed by atoms with Gasteiger partial charge in [-0.2, -0.15) is 0 Å². The molecular formula is C12H17ClFNO. The lowest BCUT2D eigenvalue weighted by atomic mass is 10.1. The molecule has 1 fully saturated rings. The lowest BCUT2D eigenvalue weighted by Gasteiger charge is -2.09. The van der Waals surface area contributed by atoms with Gasteiger partial charge in [-0.1, -0.05) is 6.07 Å². The van der Waals surface area contributed by atoms with E-state index in [1.54, 1.807) is 6.07 Å². The number of nitrogens with two attached hydrogens (primary N) is 1. The van der Waals surface area contributed by atoms with Gasteiger partial charge < -0.3 is 10.5 Å². The van der Waals surface area contributed by atoms with Gasteiger partial charge in [0.1, 0.15) is 0 Å². The summed E-state index contributed by atoms with van der Waals surface area (Å²) in [7, 11) is 0. The molecule has 0 aromatic heterocycles. The molecule has 0 amide bonds. The summed E-state index contributed by atoms with van der Waals surface area (Å²) in [6, 6.07) is 4.79. The van der Waals surface area contributed by atoms with E-state index in [-0.39, 0.29) is 24.3 Å². The summed E-state index contributed by atoms with van der Waals surface area (Å²) >= 11 is 0. The van der Waals surface area contributed by atoms with Crippen molar-refractivity contribution in [2.75, 3.05) is 6.61 Å². The lowest BCUT2D eigenvalue weighted by molar-refractivity contribution is 0.285. The molecule has 0 bridgehead atoms. The van der Waals surface area contributed by atoms with Crippen molar-refractivity contribution in [3.05, 3.63) is 29.6 Å². The normalized spacial score (nSPS) is 16.4. The van der Waals surface area contributed by atoms with E-state index in [9.17, 15) is 4.39 Å². The van der Waals surface area contributed by atoms with Crippen LogP contribution in [0.5, 0.6) is 5.75 Å². The summed E-state index contributed by atoms with van der Waals surface area (Å²) < 4.78 is 18.9. The van der Waals surface area contributed by atoms with E-state index in [1.807, 2.05) is 13.0 Å². The van der Waals surface area contributed by atoms with Crippen molar-refractivity contribution in [1.29, 1.82) is 0 Å². The third-order valence-electron chi connectivity index (χ3n) is 2.65. The van der Waals surface area contributed by atoms with Crippen molar-refractivity contribution < 1.29 is 9.13 Å². The third-order valence-corrected chi connectivity index (χ3v) is 2.65.